The van der Waals surface area contributed by atoms with Crippen LogP contribution >= 0.6 is 11.8 Å². The Labute approximate surface area is 94.7 Å². The quantitative estimate of drug-likeness (QED) is 0.721. The van der Waals surface area contributed by atoms with Crippen LogP contribution in [0.2, 0.25) is 0 Å². The van der Waals surface area contributed by atoms with Gasteiger partial charge in [0.2, 0.25) is 5.91 Å². The van der Waals surface area contributed by atoms with Crippen LogP contribution < -0.4 is 5.32 Å². The minimum Gasteiger partial charge on any atom is -0.380 e. The van der Waals surface area contributed by atoms with Crippen molar-refractivity contribution in [3.63, 3.8) is 0 Å². The molecule has 1 N–H and O–H groups in total. The van der Waals surface area contributed by atoms with Crippen LogP contribution in [0.15, 0.2) is 0 Å². The van der Waals surface area contributed by atoms with Gasteiger partial charge >= 0.3 is 0 Å². The third-order valence-corrected chi connectivity index (χ3v) is 3.99. The van der Waals surface area contributed by atoms with Gasteiger partial charge in [0.1, 0.15) is 0 Å². The van der Waals surface area contributed by atoms with Crippen molar-refractivity contribution < 1.29 is 9.53 Å². The first-order chi connectivity index (χ1) is 7.31. The lowest BCUT2D eigenvalue weighted by atomic mass is 10.2. The highest BCUT2D eigenvalue weighted by Gasteiger charge is 2.32. The molecule has 0 bridgehead atoms. The number of hydrogen-bond donors (Lipinski definition) is 1. The van der Waals surface area contributed by atoms with Crippen molar-refractivity contribution in [1.82, 2.24) is 10.2 Å². The van der Waals surface area contributed by atoms with E-state index >= 15 is 0 Å². The zero-order valence-electron chi connectivity index (χ0n) is 9.07. The van der Waals surface area contributed by atoms with E-state index in [1.165, 1.54) is 0 Å². The molecule has 0 saturated carbocycles. The van der Waals surface area contributed by atoms with Gasteiger partial charge in [0.05, 0.1) is 12.1 Å². The molecule has 0 spiro atoms. The minimum absolute atomic E-state index is 0.0157. The van der Waals surface area contributed by atoms with Crippen molar-refractivity contribution in [1.29, 1.82) is 0 Å². The second kappa shape index (κ2) is 5.18. The number of hydrogen-bond acceptors (Lipinski definition) is 4. The monoisotopic (exact) mass is 230 g/mol. The van der Waals surface area contributed by atoms with Crippen LogP contribution in [0.4, 0.5) is 0 Å². The summed E-state index contributed by atoms with van der Waals surface area (Å²) in [6, 6.07) is -0.0157. The van der Waals surface area contributed by atoms with E-state index in [-0.39, 0.29) is 18.1 Å². The smallest absolute Gasteiger partial charge is 0.239 e. The van der Waals surface area contributed by atoms with Crippen molar-refractivity contribution in [3.05, 3.63) is 0 Å². The average molecular weight is 230 g/mol. The van der Waals surface area contributed by atoms with E-state index < -0.39 is 0 Å². The summed E-state index contributed by atoms with van der Waals surface area (Å²) < 4.78 is 5.24. The first-order valence-electron chi connectivity index (χ1n) is 5.44. The maximum Gasteiger partial charge on any atom is 0.239 e. The number of methoxy groups -OCH3 is 1. The molecule has 2 aliphatic heterocycles. The molecule has 1 amide bonds. The van der Waals surface area contributed by atoms with Crippen LogP contribution in [0.5, 0.6) is 0 Å². The summed E-state index contributed by atoms with van der Waals surface area (Å²) in [6.45, 7) is 2.61. The van der Waals surface area contributed by atoms with Gasteiger partial charge in [-0.1, -0.05) is 0 Å². The SMILES string of the molecule is COC1CNC(C(=O)N2CCSCC2)C1. The lowest BCUT2D eigenvalue weighted by Crippen LogP contribution is -2.46. The lowest BCUT2D eigenvalue weighted by Gasteiger charge is -2.28. The topological polar surface area (TPSA) is 41.6 Å². The van der Waals surface area contributed by atoms with Gasteiger partial charge < -0.3 is 15.0 Å². The molecule has 2 aliphatic rings. The first-order valence-corrected chi connectivity index (χ1v) is 6.59. The predicted molar refractivity (Wildman–Crippen MR) is 61.1 cm³/mol. The van der Waals surface area contributed by atoms with E-state index in [4.69, 9.17) is 4.74 Å². The van der Waals surface area contributed by atoms with E-state index in [2.05, 4.69) is 5.32 Å². The standard InChI is InChI=1S/C10H18N2O2S/c1-14-8-6-9(11-7-8)10(13)12-2-4-15-5-3-12/h8-9,11H,2-7H2,1H3. The number of carbonyl (C=O) groups is 1. The van der Waals surface area contributed by atoms with Gasteiger partial charge in [-0.25, -0.2) is 0 Å². The molecule has 2 rings (SSSR count). The second-order valence-electron chi connectivity index (χ2n) is 3.99. The molecule has 2 atom stereocenters. The fourth-order valence-electron chi connectivity index (χ4n) is 2.08. The Morgan fingerprint density at radius 1 is 1.47 bits per heavy atom. The Kier molecular flexibility index (Phi) is 3.88. The van der Waals surface area contributed by atoms with Gasteiger partial charge in [-0.05, 0) is 6.42 Å². The number of nitrogens with zero attached hydrogens (tertiary/aromatic N) is 1. The number of ether oxygens (including phenoxy) is 1. The fourth-order valence-corrected chi connectivity index (χ4v) is 2.98. The van der Waals surface area contributed by atoms with E-state index in [9.17, 15) is 4.79 Å². The van der Waals surface area contributed by atoms with Crippen molar-refractivity contribution in [2.75, 3.05) is 38.2 Å². The zero-order valence-corrected chi connectivity index (χ0v) is 9.89. The predicted octanol–water partition coefficient (Wildman–Crippen LogP) is -0.0613. The molecule has 4 nitrogen and oxygen atoms in total. The molecule has 2 saturated heterocycles. The van der Waals surface area contributed by atoms with Crippen LogP contribution in [-0.2, 0) is 9.53 Å². The molecule has 86 valence electrons. The molecule has 2 fully saturated rings. The van der Waals surface area contributed by atoms with Crippen molar-refractivity contribution in [2.24, 2.45) is 0 Å². The minimum atomic E-state index is -0.0157. The van der Waals surface area contributed by atoms with Crippen LogP contribution in [0.25, 0.3) is 0 Å². The van der Waals surface area contributed by atoms with E-state index in [1.54, 1.807) is 7.11 Å². The first kappa shape index (κ1) is 11.2. The number of rotatable bonds is 2. The second-order valence-corrected chi connectivity index (χ2v) is 5.22. The largest absolute Gasteiger partial charge is 0.380 e. The van der Waals surface area contributed by atoms with E-state index in [1.807, 2.05) is 16.7 Å². The lowest BCUT2D eigenvalue weighted by molar-refractivity contribution is -0.132. The van der Waals surface area contributed by atoms with Crippen molar-refractivity contribution in [3.8, 4) is 0 Å². The average Bonchev–Trinajstić information content (AvgIpc) is 2.78. The van der Waals surface area contributed by atoms with Gasteiger partial charge in [0.15, 0.2) is 0 Å². The summed E-state index contributed by atoms with van der Waals surface area (Å²) in [7, 11) is 1.71. The number of nitrogens with one attached hydrogen (secondary N) is 1. The fraction of sp³-hybridized carbons (Fsp3) is 0.900. The number of carbonyl (C=O) groups excluding carboxylic acids is 1. The third-order valence-electron chi connectivity index (χ3n) is 3.04. The van der Waals surface area contributed by atoms with Crippen molar-refractivity contribution >= 4 is 17.7 Å². The molecule has 0 aromatic rings. The van der Waals surface area contributed by atoms with Gasteiger partial charge in [-0.15, -0.1) is 0 Å². The number of amides is 1. The summed E-state index contributed by atoms with van der Waals surface area (Å²) in [5.41, 5.74) is 0. The van der Waals surface area contributed by atoms with Gasteiger partial charge in [0.25, 0.3) is 0 Å². The zero-order chi connectivity index (χ0) is 10.7. The Bertz CT molecular complexity index is 231. The van der Waals surface area contributed by atoms with Crippen LogP contribution in [0, 0.1) is 0 Å². The molecule has 0 radical (unpaired) electrons. The van der Waals surface area contributed by atoms with E-state index in [0.717, 1.165) is 37.6 Å². The summed E-state index contributed by atoms with van der Waals surface area (Å²) in [5.74, 6) is 2.41. The van der Waals surface area contributed by atoms with Gasteiger partial charge in [0, 0.05) is 38.2 Å². The number of thioether (sulfide) groups is 1. The normalized spacial score (nSPS) is 31.9. The van der Waals surface area contributed by atoms with Gasteiger partial charge in [-0.3, -0.25) is 4.79 Å². The Morgan fingerprint density at radius 2 is 2.20 bits per heavy atom. The van der Waals surface area contributed by atoms with Crippen LogP contribution in [0.1, 0.15) is 6.42 Å². The van der Waals surface area contributed by atoms with Crippen molar-refractivity contribution in [2.45, 2.75) is 18.6 Å². The summed E-state index contributed by atoms with van der Waals surface area (Å²) >= 11 is 1.92. The summed E-state index contributed by atoms with van der Waals surface area (Å²) in [4.78, 5) is 14.0. The highest BCUT2D eigenvalue weighted by atomic mass is 32.2. The molecular weight excluding hydrogens is 212 g/mol. The highest BCUT2D eigenvalue weighted by molar-refractivity contribution is 7.99. The maximum absolute atomic E-state index is 12.1. The molecular formula is C10H18N2O2S. The Morgan fingerprint density at radius 3 is 2.80 bits per heavy atom. The molecule has 2 unspecified atom stereocenters. The molecule has 5 heteroatoms. The summed E-state index contributed by atoms with van der Waals surface area (Å²) in [5, 5.41) is 3.23. The van der Waals surface area contributed by atoms with Crippen LogP contribution in [0.3, 0.4) is 0 Å². The molecule has 15 heavy (non-hydrogen) atoms. The van der Waals surface area contributed by atoms with Gasteiger partial charge in [-0.2, -0.15) is 11.8 Å². The maximum atomic E-state index is 12.1. The third kappa shape index (κ3) is 2.65. The Hall–Kier alpha value is -0.260. The molecule has 0 aromatic heterocycles. The highest BCUT2D eigenvalue weighted by Crippen LogP contribution is 2.15. The Balaban J connectivity index is 1.85. The molecule has 2 heterocycles. The van der Waals surface area contributed by atoms with Crippen LogP contribution in [-0.4, -0.2) is 61.2 Å². The molecule has 0 aromatic carbocycles. The van der Waals surface area contributed by atoms with E-state index in [0.29, 0.717) is 0 Å². The molecule has 0 aliphatic carbocycles. The summed E-state index contributed by atoms with van der Waals surface area (Å²) in [6.07, 6.45) is 1.03.